The fourth-order valence-electron chi connectivity index (χ4n) is 3.68. The molecule has 0 saturated carbocycles. The van der Waals surface area contributed by atoms with E-state index in [0.29, 0.717) is 18.4 Å². The first-order valence-corrected chi connectivity index (χ1v) is 8.86. The van der Waals surface area contributed by atoms with Gasteiger partial charge in [0, 0.05) is 54.7 Å². The lowest BCUT2D eigenvalue weighted by molar-refractivity contribution is -0.122. The second kappa shape index (κ2) is 6.29. The van der Waals surface area contributed by atoms with E-state index >= 15 is 0 Å². The summed E-state index contributed by atoms with van der Waals surface area (Å²) in [6.45, 7) is 6.94. The van der Waals surface area contributed by atoms with Crippen molar-refractivity contribution in [1.82, 2.24) is 24.6 Å². The van der Waals surface area contributed by atoms with Gasteiger partial charge in [0.25, 0.3) is 0 Å². The van der Waals surface area contributed by atoms with E-state index in [1.54, 1.807) is 10.9 Å². The molecule has 3 aromatic rings. The Morgan fingerprint density at radius 1 is 1.12 bits per heavy atom. The molecule has 6 heteroatoms. The van der Waals surface area contributed by atoms with Crippen LogP contribution >= 0.6 is 0 Å². The van der Waals surface area contributed by atoms with Gasteiger partial charge < -0.3 is 0 Å². The molecule has 134 valence electrons. The number of carbonyl (C=O) groups excluding carboxylic acids is 1. The maximum absolute atomic E-state index is 12.3. The van der Waals surface area contributed by atoms with Crippen LogP contribution in [0.3, 0.4) is 0 Å². The first-order chi connectivity index (χ1) is 12.4. The Morgan fingerprint density at radius 3 is 2.62 bits per heavy atom. The van der Waals surface area contributed by atoms with Crippen LogP contribution in [0.5, 0.6) is 0 Å². The molecule has 1 aliphatic heterocycles. The lowest BCUT2D eigenvalue weighted by atomic mass is 9.84. The van der Waals surface area contributed by atoms with Gasteiger partial charge in [-0.1, -0.05) is 13.8 Å². The van der Waals surface area contributed by atoms with Crippen LogP contribution in [0.15, 0.2) is 36.9 Å². The summed E-state index contributed by atoms with van der Waals surface area (Å²) in [5.74, 6) is 0.212. The Bertz CT molecular complexity index is 967. The zero-order valence-corrected chi connectivity index (χ0v) is 15.4. The normalized spacial score (nSPS) is 16.6. The van der Waals surface area contributed by atoms with Crippen molar-refractivity contribution in [3.8, 4) is 11.1 Å². The van der Waals surface area contributed by atoms with Gasteiger partial charge in [-0.2, -0.15) is 5.10 Å². The molecule has 26 heavy (non-hydrogen) atoms. The van der Waals surface area contributed by atoms with E-state index in [9.17, 15) is 4.79 Å². The number of nitrogens with zero attached hydrogens (tertiary/aromatic N) is 5. The fraction of sp³-hybridized carbons (Fsp3) is 0.400. The molecule has 0 aliphatic carbocycles. The van der Waals surface area contributed by atoms with Crippen LogP contribution in [0.4, 0.5) is 0 Å². The summed E-state index contributed by atoms with van der Waals surface area (Å²) in [6.07, 6.45) is 7.73. The van der Waals surface area contributed by atoms with Crippen LogP contribution < -0.4 is 0 Å². The van der Waals surface area contributed by atoms with Gasteiger partial charge in [-0.25, -0.2) is 0 Å². The highest BCUT2D eigenvalue weighted by Gasteiger charge is 2.34. The number of likely N-dealkylation sites (tertiary alicyclic amines) is 1. The number of hydrogen-bond donors (Lipinski definition) is 0. The van der Waals surface area contributed by atoms with E-state index in [1.165, 1.54) is 0 Å². The van der Waals surface area contributed by atoms with Gasteiger partial charge in [-0.3, -0.25) is 24.3 Å². The minimum absolute atomic E-state index is 0.212. The average Bonchev–Trinajstić information content (AvgIpc) is 2.99. The number of pyridine rings is 2. The Balaban J connectivity index is 1.50. The first-order valence-electron chi connectivity index (χ1n) is 8.86. The molecule has 0 aromatic carbocycles. The van der Waals surface area contributed by atoms with Gasteiger partial charge in [0.1, 0.15) is 0 Å². The smallest absolute Gasteiger partial charge is 0.152 e. The molecule has 0 bridgehead atoms. The zero-order chi connectivity index (χ0) is 18.3. The van der Waals surface area contributed by atoms with Crippen LogP contribution in [-0.2, 0) is 18.3 Å². The molecular formula is C20H23N5O. The predicted molar refractivity (Wildman–Crippen MR) is 101 cm³/mol. The lowest BCUT2D eigenvalue weighted by Crippen LogP contribution is -2.54. The topological polar surface area (TPSA) is 63.9 Å². The average molecular weight is 349 g/mol. The minimum Gasteiger partial charge on any atom is -0.298 e. The van der Waals surface area contributed by atoms with E-state index in [1.807, 2.05) is 31.7 Å². The van der Waals surface area contributed by atoms with Gasteiger partial charge in [-0.05, 0) is 17.5 Å². The molecule has 0 spiro atoms. The van der Waals surface area contributed by atoms with Crippen LogP contribution in [0.25, 0.3) is 22.0 Å². The minimum atomic E-state index is 0.212. The largest absolute Gasteiger partial charge is 0.298 e. The van der Waals surface area contributed by atoms with Gasteiger partial charge in [0.05, 0.1) is 30.9 Å². The number of ketones is 1. The molecule has 0 N–H and O–H groups in total. The highest BCUT2D eigenvalue weighted by Crippen LogP contribution is 2.28. The number of aryl methyl sites for hydroxylation is 1. The molecule has 0 unspecified atom stereocenters. The highest BCUT2D eigenvalue weighted by atomic mass is 16.1. The van der Waals surface area contributed by atoms with E-state index < -0.39 is 0 Å². The molecule has 1 aliphatic rings. The standard InChI is InChI=1S/C20H23N5O/c1-20(2)12-25(13-20)11-18(26)6-17-5-14-4-15(7-22-19(14)9-21-17)16-8-23-24(3)10-16/h4-5,7-10H,6,11-13H2,1-3H3. The van der Waals surface area contributed by atoms with Crippen LogP contribution in [0.1, 0.15) is 19.5 Å². The predicted octanol–water partition coefficient (Wildman–Crippen LogP) is 2.48. The summed E-state index contributed by atoms with van der Waals surface area (Å²) in [6, 6.07) is 4.05. The van der Waals surface area contributed by atoms with Crippen LogP contribution in [-0.4, -0.2) is 50.1 Å². The lowest BCUT2D eigenvalue weighted by Gasteiger charge is -2.45. The van der Waals surface area contributed by atoms with E-state index in [0.717, 1.165) is 40.8 Å². The maximum atomic E-state index is 12.3. The molecule has 3 aromatic heterocycles. The van der Waals surface area contributed by atoms with E-state index in [-0.39, 0.29) is 5.78 Å². The molecule has 1 saturated heterocycles. The maximum Gasteiger partial charge on any atom is 0.152 e. The monoisotopic (exact) mass is 349 g/mol. The number of aromatic nitrogens is 4. The molecule has 4 rings (SSSR count). The summed E-state index contributed by atoms with van der Waals surface area (Å²) < 4.78 is 1.77. The Morgan fingerprint density at radius 2 is 1.92 bits per heavy atom. The second-order valence-electron chi connectivity index (χ2n) is 8.02. The van der Waals surface area contributed by atoms with E-state index in [4.69, 9.17) is 0 Å². The van der Waals surface area contributed by atoms with E-state index in [2.05, 4.69) is 39.9 Å². The molecule has 0 amide bonds. The highest BCUT2D eigenvalue weighted by molar-refractivity contribution is 5.86. The van der Waals surface area contributed by atoms with Crippen LogP contribution in [0.2, 0.25) is 0 Å². The molecular weight excluding hydrogens is 326 g/mol. The van der Waals surface area contributed by atoms with Gasteiger partial charge in [-0.15, -0.1) is 0 Å². The third-order valence-electron chi connectivity index (χ3n) is 4.74. The van der Waals surface area contributed by atoms with Gasteiger partial charge in [0.2, 0.25) is 0 Å². The number of carbonyl (C=O) groups is 1. The Labute approximate surface area is 152 Å². The number of hydrogen-bond acceptors (Lipinski definition) is 5. The number of Topliss-reactive ketones (excluding diaryl/α,β-unsaturated/α-hetero) is 1. The van der Waals surface area contributed by atoms with Gasteiger partial charge in [0.15, 0.2) is 5.78 Å². The molecule has 1 fully saturated rings. The number of rotatable bonds is 5. The third kappa shape index (κ3) is 3.51. The summed E-state index contributed by atoms with van der Waals surface area (Å²) in [5.41, 5.74) is 4.01. The Hall–Kier alpha value is -2.60. The van der Waals surface area contributed by atoms with Crippen molar-refractivity contribution in [3.05, 3.63) is 42.6 Å². The van der Waals surface area contributed by atoms with Crippen molar-refractivity contribution < 1.29 is 4.79 Å². The molecule has 0 atom stereocenters. The molecule has 0 radical (unpaired) electrons. The second-order valence-corrected chi connectivity index (χ2v) is 8.02. The molecule has 4 heterocycles. The SMILES string of the molecule is Cn1cc(-c2cnc3cnc(CC(=O)CN4CC(C)(C)C4)cc3c2)cn1. The van der Waals surface area contributed by atoms with Gasteiger partial charge >= 0.3 is 0 Å². The van der Waals surface area contributed by atoms with Crippen molar-refractivity contribution in [2.75, 3.05) is 19.6 Å². The summed E-state index contributed by atoms with van der Waals surface area (Å²) in [4.78, 5) is 23.4. The summed E-state index contributed by atoms with van der Waals surface area (Å²) >= 11 is 0. The summed E-state index contributed by atoms with van der Waals surface area (Å²) in [7, 11) is 1.89. The summed E-state index contributed by atoms with van der Waals surface area (Å²) in [5, 5.41) is 5.20. The molecule has 6 nitrogen and oxygen atoms in total. The number of fused-ring (bicyclic) bond motifs is 1. The first kappa shape index (κ1) is 16.8. The van der Waals surface area contributed by atoms with Crippen molar-refractivity contribution in [1.29, 1.82) is 0 Å². The van der Waals surface area contributed by atoms with Crippen molar-refractivity contribution in [2.24, 2.45) is 12.5 Å². The fourth-order valence-corrected chi connectivity index (χ4v) is 3.68. The quantitative estimate of drug-likeness (QED) is 0.708. The zero-order valence-electron chi connectivity index (χ0n) is 15.4. The third-order valence-corrected chi connectivity index (χ3v) is 4.74. The Kier molecular flexibility index (Phi) is 4.07. The van der Waals surface area contributed by atoms with Crippen molar-refractivity contribution in [2.45, 2.75) is 20.3 Å². The van der Waals surface area contributed by atoms with Crippen LogP contribution in [0, 0.1) is 5.41 Å². The van der Waals surface area contributed by atoms with Crippen molar-refractivity contribution >= 4 is 16.7 Å². The van der Waals surface area contributed by atoms with Crippen molar-refractivity contribution in [3.63, 3.8) is 0 Å².